The minimum atomic E-state index is -0.396. The summed E-state index contributed by atoms with van der Waals surface area (Å²) in [5, 5.41) is 9.70. The maximum Gasteiger partial charge on any atom is 0.228 e. The minimum absolute atomic E-state index is 0.0331. The lowest BCUT2D eigenvalue weighted by molar-refractivity contribution is -0.136. The number of carbonyl (C=O) groups excluding carboxylic acids is 2. The van der Waals surface area contributed by atoms with Gasteiger partial charge in [-0.25, -0.2) is 4.98 Å². The molecule has 3 aromatic rings. The summed E-state index contributed by atoms with van der Waals surface area (Å²) >= 11 is 0. The van der Waals surface area contributed by atoms with Crippen molar-refractivity contribution in [1.82, 2.24) is 9.88 Å². The number of rotatable bonds is 4. The van der Waals surface area contributed by atoms with Gasteiger partial charge in [0.15, 0.2) is 5.89 Å². The molecule has 1 atom stereocenters. The van der Waals surface area contributed by atoms with Crippen LogP contribution in [0.1, 0.15) is 29.3 Å². The van der Waals surface area contributed by atoms with Crippen LogP contribution in [0.4, 0.5) is 5.69 Å². The van der Waals surface area contributed by atoms with E-state index >= 15 is 0 Å². The van der Waals surface area contributed by atoms with E-state index in [1.807, 2.05) is 30.3 Å². The number of hydrogen-bond donors (Lipinski definition) is 1. The molecule has 0 spiro atoms. The fourth-order valence-electron chi connectivity index (χ4n) is 4.33. The van der Waals surface area contributed by atoms with Crippen LogP contribution in [0.2, 0.25) is 0 Å². The Labute approximate surface area is 179 Å². The largest absolute Gasteiger partial charge is 0.508 e. The van der Waals surface area contributed by atoms with Crippen molar-refractivity contribution < 1.29 is 19.1 Å². The highest BCUT2D eigenvalue weighted by Gasteiger charge is 2.38. The zero-order valence-electron chi connectivity index (χ0n) is 17.0. The first-order valence-electron chi connectivity index (χ1n) is 10.5. The van der Waals surface area contributed by atoms with Crippen molar-refractivity contribution in [3.63, 3.8) is 0 Å². The molecule has 1 N–H and O–H groups in total. The topological polar surface area (TPSA) is 86.9 Å². The Kier molecular flexibility index (Phi) is 4.94. The Bertz CT molecular complexity index is 1120. The molecule has 1 aromatic heterocycles. The van der Waals surface area contributed by atoms with Gasteiger partial charge in [-0.15, -0.1) is 0 Å². The summed E-state index contributed by atoms with van der Waals surface area (Å²) in [6.45, 7) is 1.29. The molecule has 0 saturated carbocycles. The van der Waals surface area contributed by atoms with Crippen LogP contribution in [0, 0.1) is 5.92 Å². The number of phenolic OH excluding ortho intramolecular Hbond substituents is 1. The van der Waals surface area contributed by atoms with Gasteiger partial charge in [0.25, 0.3) is 0 Å². The van der Waals surface area contributed by atoms with Gasteiger partial charge in [-0.1, -0.05) is 36.4 Å². The minimum Gasteiger partial charge on any atom is -0.508 e. The Morgan fingerprint density at radius 2 is 2.00 bits per heavy atom. The number of aromatic hydroxyl groups is 1. The van der Waals surface area contributed by atoms with Crippen molar-refractivity contribution >= 4 is 17.5 Å². The van der Waals surface area contributed by atoms with Crippen LogP contribution >= 0.6 is 0 Å². The van der Waals surface area contributed by atoms with Gasteiger partial charge in [0.2, 0.25) is 11.8 Å². The number of amides is 2. The van der Waals surface area contributed by atoms with E-state index in [2.05, 4.69) is 4.98 Å². The van der Waals surface area contributed by atoms with E-state index < -0.39 is 5.92 Å². The van der Waals surface area contributed by atoms with E-state index in [1.54, 1.807) is 34.1 Å². The molecular formula is C24H23N3O4. The predicted molar refractivity (Wildman–Crippen MR) is 113 cm³/mol. The highest BCUT2D eigenvalue weighted by molar-refractivity contribution is 6.00. The number of fused-ring (bicyclic) bond motifs is 1. The number of aromatic nitrogens is 1. The van der Waals surface area contributed by atoms with Gasteiger partial charge in [-0.2, -0.15) is 0 Å². The van der Waals surface area contributed by atoms with E-state index in [4.69, 9.17) is 4.42 Å². The molecule has 1 saturated heterocycles. The van der Waals surface area contributed by atoms with Gasteiger partial charge in [-0.05, 0) is 17.7 Å². The number of anilines is 1. The first-order valence-corrected chi connectivity index (χ1v) is 10.5. The van der Waals surface area contributed by atoms with Crippen molar-refractivity contribution in [3.05, 3.63) is 77.5 Å². The number of carbonyl (C=O) groups is 2. The van der Waals surface area contributed by atoms with E-state index in [-0.39, 0.29) is 24.0 Å². The Morgan fingerprint density at radius 1 is 1.16 bits per heavy atom. The second-order valence-corrected chi connectivity index (χ2v) is 8.07. The van der Waals surface area contributed by atoms with Crippen LogP contribution in [0.3, 0.4) is 0 Å². The molecule has 7 nitrogen and oxygen atoms in total. The average Bonchev–Trinajstić information content (AvgIpc) is 3.36. The summed E-state index contributed by atoms with van der Waals surface area (Å²) < 4.78 is 5.93. The molecule has 31 heavy (non-hydrogen) atoms. The highest BCUT2D eigenvalue weighted by atomic mass is 16.4. The molecule has 0 bridgehead atoms. The summed E-state index contributed by atoms with van der Waals surface area (Å²) in [5.41, 5.74) is 2.55. The average molecular weight is 417 g/mol. The molecule has 2 aromatic carbocycles. The lowest BCUT2D eigenvalue weighted by Crippen LogP contribution is -2.40. The molecule has 1 fully saturated rings. The van der Waals surface area contributed by atoms with Crippen LogP contribution in [-0.2, 0) is 29.0 Å². The standard InChI is InChI=1S/C24H23N3O4/c28-19-8-4-7-18(13-19)27-14-17(12-23(27)29)24(30)26-10-9-21-20(15-26)25-22(31-21)11-16-5-2-1-3-6-16/h1-8,13,17,28H,9-12,14-15H2. The quantitative estimate of drug-likeness (QED) is 0.705. The molecule has 0 aliphatic carbocycles. The van der Waals surface area contributed by atoms with Gasteiger partial charge in [0, 0.05) is 44.1 Å². The number of oxazole rings is 1. The van der Waals surface area contributed by atoms with Gasteiger partial charge in [-0.3, -0.25) is 9.59 Å². The van der Waals surface area contributed by atoms with E-state index in [1.165, 1.54) is 0 Å². The Hall–Kier alpha value is -3.61. The van der Waals surface area contributed by atoms with Crippen LogP contribution < -0.4 is 4.90 Å². The molecule has 158 valence electrons. The first kappa shape index (κ1) is 19.4. The SMILES string of the molecule is O=C(C1CC(=O)N(c2cccc(O)c2)C1)N1CCc2oc(Cc3ccccc3)nc2C1. The molecule has 2 amide bonds. The molecular weight excluding hydrogens is 394 g/mol. The smallest absolute Gasteiger partial charge is 0.228 e. The van der Waals surface area contributed by atoms with E-state index in [0.29, 0.717) is 44.1 Å². The molecule has 5 rings (SSSR count). The molecule has 3 heterocycles. The second-order valence-electron chi connectivity index (χ2n) is 8.07. The van der Waals surface area contributed by atoms with Gasteiger partial charge in [0.05, 0.1) is 12.5 Å². The summed E-state index contributed by atoms with van der Waals surface area (Å²) in [5.74, 6) is 1.08. The van der Waals surface area contributed by atoms with Gasteiger partial charge < -0.3 is 19.3 Å². The molecule has 2 aliphatic rings. The van der Waals surface area contributed by atoms with Crippen molar-refractivity contribution in [2.45, 2.75) is 25.8 Å². The van der Waals surface area contributed by atoms with Crippen molar-refractivity contribution in [1.29, 1.82) is 0 Å². The highest BCUT2D eigenvalue weighted by Crippen LogP contribution is 2.30. The molecule has 2 aliphatic heterocycles. The number of benzene rings is 2. The van der Waals surface area contributed by atoms with Gasteiger partial charge >= 0.3 is 0 Å². The van der Waals surface area contributed by atoms with Crippen LogP contribution in [0.25, 0.3) is 0 Å². The van der Waals surface area contributed by atoms with E-state index in [9.17, 15) is 14.7 Å². The number of hydrogen-bond acceptors (Lipinski definition) is 5. The first-order chi connectivity index (χ1) is 15.1. The summed E-state index contributed by atoms with van der Waals surface area (Å²) in [4.78, 5) is 33.6. The third-order valence-corrected chi connectivity index (χ3v) is 5.90. The zero-order valence-corrected chi connectivity index (χ0v) is 17.0. The zero-order chi connectivity index (χ0) is 21.4. The molecule has 7 heteroatoms. The van der Waals surface area contributed by atoms with Crippen LogP contribution in [0.5, 0.6) is 5.75 Å². The molecule has 0 radical (unpaired) electrons. The van der Waals surface area contributed by atoms with Crippen molar-refractivity contribution in [3.8, 4) is 5.75 Å². The predicted octanol–water partition coefficient (Wildman–Crippen LogP) is 2.91. The lowest BCUT2D eigenvalue weighted by atomic mass is 10.0. The maximum absolute atomic E-state index is 13.1. The maximum atomic E-state index is 13.1. The van der Waals surface area contributed by atoms with Crippen LogP contribution in [-0.4, -0.2) is 39.9 Å². The second kappa shape index (κ2) is 7.91. The normalized spacial score (nSPS) is 18.3. The summed E-state index contributed by atoms with van der Waals surface area (Å²) in [6.07, 6.45) is 1.42. The monoisotopic (exact) mass is 417 g/mol. The van der Waals surface area contributed by atoms with Crippen LogP contribution in [0.15, 0.2) is 59.0 Å². The number of nitrogens with zero attached hydrogens (tertiary/aromatic N) is 3. The fourth-order valence-corrected chi connectivity index (χ4v) is 4.33. The summed E-state index contributed by atoms with van der Waals surface area (Å²) in [6, 6.07) is 16.6. The van der Waals surface area contributed by atoms with E-state index in [0.717, 1.165) is 17.0 Å². The fraction of sp³-hybridized carbons (Fsp3) is 0.292. The molecule has 1 unspecified atom stereocenters. The van der Waals surface area contributed by atoms with Crippen molar-refractivity contribution in [2.75, 3.05) is 18.0 Å². The Morgan fingerprint density at radius 3 is 2.81 bits per heavy atom. The Balaban J connectivity index is 1.26. The third-order valence-electron chi connectivity index (χ3n) is 5.90. The number of phenols is 1. The van der Waals surface area contributed by atoms with Gasteiger partial charge in [0.1, 0.15) is 17.2 Å². The third kappa shape index (κ3) is 3.91. The van der Waals surface area contributed by atoms with Crippen molar-refractivity contribution in [2.24, 2.45) is 5.92 Å². The summed E-state index contributed by atoms with van der Waals surface area (Å²) in [7, 11) is 0. The lowest BCUT2D eigenvalue weighted by Gasteiger charge is -2.27.